The summed E-state index contributed by atoms with van der Waals surface area (Å²) < 4.78 is 5.84. The van der Waals surface area contributed by atoms with E-state index in [1.807, 2.05) is 24.4 Å². The minimum atomic E-state index is 0.292. The van der Waals surface area contributed by atoms with Crippen molar-refractivity contribution in [1.29, 1.82) is 0 Å². The standard InChI is InChI=1S/C29H29ClN2O/c1-3-15-33-28-14-10-22(30)17-21(28)18-31-23-11-8-20(9-12-23)29-25-6-4-5-24(25)26-16-19(2)7-13-27(26)32-29/h4-5,7-14,16-18,24-25,29,32H,3,6,15H2,1-2H3/t24-,25-,29-/m0/s1. The Morgan fingerprint density at radius 3 is 2.76 bits per heavy atom. The molecular formula is C29H29ClN2O. The van der Waals surface area contributed by atoms with Crippen molar-refractivity contribution in [3.05, 3.63) is 100 Å². The van der Waals surface area contributed by atoms with E-state index in [-0.39, 0.29) is 0 Å². The topological polar surface area (TPSA) is 33.6 Å². The maximum absolute atomic E-state index is 6.20. The van der Waals surface area contributed by atoms with Gasteiger partial charge in [-0.05, 0) is 73.2 Å². The van der Waals surface area contributed by atoms with Crippen LogP contribution >= 0.6 is 11.6 Å². The number of fused-ring (bicyclic) bond motifs is 3. The Morgan fingerprint density at radius 1 is 1.09 bits per heavy atom. The fourth-order valence-corrected chi connectivity index (χ4v) is 5.10. The highest BCUT2D eigenvalue weighted by molar-refractivity contribution is 6.30. The largest absolute Gasteiger partial charge is 0.493 e. The van der Waals surface area contributed by atoms with Gasteiger partial charge in [0.25, 0.3) is 0 Å². The van der Waals surface area contributed by atoms with Crippen LogP contribution in [0.1, 0.15) is 54.0 Å². The van der Waals surface area contributed by atoms with Crippen LogP contribution < -0.4 is 10.1 Å². The number of anilines is 1. The van der Waals surface area contributed by atoms with E-state index in [0.29, 0.717) is 29.5 Å². The Balaban J connectivity index is 1.36. The van der Waals surface area contributed by atoms with E-state index in [1.165, 1.54) is 22.4 Å². The molecule has 0 saturated carbocycles. The maximum atomic E-state index is 6.20. The van der Waals surface area contributed by atoms with Crippen LogP contribution in [0.3, 0.4) is 0 Å². The third kappa shape index (κ3) is 4.56. The van der Waals surface area contributed by atoms with Gasteiger partial charge in [0.2, 0.25) is 0 Å². The van der Waals surface area contributed by atoms with Gasteiger partial charge in [-0.2, -0.15) is 0 Å². The molecule has 1 heterocycles. The Labute approximate surface area is 201 Å². The molecule has 0 unspecified atom stereocenters. The van der Waals surface area contributed by atoms with Gasteiger partial charge in [-0.25, -0.2) is 0 Å². The van der Waals surface area contributed by atoms with Gasteiger partial charge in [0, 0.05) is 28.4 Å². The number of rotatable bonds is 6. The molecule has 1 N–H and O–H groups in total. The van der Waals surface area contributed by atoms with Crippen LogP contribution in [0.2, 0.25) is 5.02 Å². The first-order valence-corrected chi connectivity index (χ1v) is 12.1. The summed E-state index contributed by atoms with van der Waals surface area (Å²) in [5, 5.41) is 4.49. The molecule has 1 aliphatic carbocycles. The zero-order valence-electron chi connectivity index (χ0n) is 19.1. The number of nitrogens with one attached hydrogen (secondary N) is 1. The van der Waals surface area contributed by atoms with Gasteiger partial charge < -0.3 is 10.1 Å². The van der Waals surface area contributed by atoms with Crippen molar-refractivity contribution in [3.8, 4) is 5.75 Å². The van der Waals surface area contributed by atoms with Gasteiger partial charge in [0.05, 0.1) is 18.3 Å². The van der Waals surface area contributed by atoms with E-state index in [0.717, 1.165) is 29.8 Å². The summed E-state index contributed by atoms with van der Waals surface area (Å²) in [6, 6.07) is 21.3. The molecule has 33 heavy (non-hydrogen) atoms. The summed E-state index contributed by atoms with van der Waals surface area (Å²) in [5.41, 5.74) is 7.09. The number of ether oxygens (including phenoxy) is 1. The summed E-state index contributed by atoms with van der Waals surface area (Å²) in [7, 11) is 0. The number of hydrogen-bond donors (Lipinski definition) is 1. The number of benzene rings is 3. The van der Waals surface area contributed by atoms with E-state index in [9.17, 15) is 0 Å². The summed E-state index contributed by atoms with van der Waals surface area (Å²) in [4.78, 5) is 4.69. The molecule has 168 valence electrons. The smallest absolute Gasteiger partial charge is 0.128 e. The van der Waals surface area contributed by atoms with Crippen LogP contribution in [0.5, 0.6) is 5.75 Å². The minimum absolute atomic E-state index is 0.292. The highest BCUT2D eigenvalue weighted by Gasteiger charge is 2.37. The second-order valence-corrected chi connectivity index (χ2v) is 9.38. The van der Waals surface area contributed by atoms with Gasteiger partial charge in [0.1, 0.15) is 5.75 Å². The molecule has 0 spiro atoms. The summed E-state index contributed by atoms with van der Waals surface area (Å²) in [6.45, 7) is 4.93. The fourth-order valence-electron chi connectivity index (χ4n) is 4.92. The van der Waals surface area contributed by atoms with Gasteiger partial charge in [-0.3, -0.25) is 4.99 Å². The van der Waals surface area contributed by atoms with Crippen LogP contribution in [-0.4, -0.2) is 12.8 Å². The first kappa shape index (κ1) is 21.8. The highest BCUT2D eigenvalue weighted by atomic mass is 35.5. The Kier molecular flexibility index (Phi) is 6.24. The zero-order valence-corrected chi connectivity index (χ0v) is 19.8. The molecule has 4 heteroatoms. The van der Waals surface area contributed by atoms with Gasteiger partial charge in [0.15, 0.2) is 0 Å². The average molecular weight is 457 g/mol. The number of halogens is 1. The Bertz CT molecular complexity index is 1200. The van der Waals surface area contributed by atoms with E-state index in [1.54, 1.807) is 0 Å². The van der Waals surface area contributed by atoms with Crippen molar-refractivity contribution in [3.63, 3.8) is 0 Å². The summed E-state index contributed by atoms with van der Waals surface area (Å²) in [5.74, 6) is 1.83. The van der Waals surface area contributed by atoms with Crippen molar-refractivity contribution in [1.82, 2.24) is 0 Å². The van der Waals surface area contributed by atoms with E-state index in [4.69, 9.17) is 16.3 Å². The maximum Gasteiger partial charge on any atom is 0.128 e. The normalized spacial score (nSPS) is 21.0. The lowest BCUT2D eigenvalue weighted by molar-refractivity contribution is 0.317. The lowest BCUT2D eigenvalue weighted by atomic mass is 9.76. The zero-order chi connectivity index (χ0) is 22.8. The molecule has 0 aromatic heterocycles. The Morgan fingerprint density at radius 2 is 1.94 bits per heavy atom. The van der Waals surface area contributed by atoms with Crippen LogP contribution in [-0.2, 0) is 0 Å². The SMILES string of the molecule is CCCOc1ccc(Cl)cc1C=Nc1ccc([C@@H]2Nc3ccc(C)cc3[C@H]3C=CC[C@@H]32)cc1. The predicted octanol–water partition coefficient (Wildman–Crippen LogP) is 8.01. The number of aliphatic imine (C=N–C) groups is 1. The van der Waals surface area contributed by atoms with Crippen LogP contribution in [0.15, 0.2) is 77.8 Å². The van der Waals surface area contributed by atoms with Crippen molar-refractivity contribution in [2.24, 2.45) is 10.9 Å². The van der Waals surface area contributed by atoms with Crippen molar-refractivity contribution >= 4 is 29.2 Å². The number of aryl methyl sites for hydroxylation is 1. The molecule has 0 amide bonds. The molecule has 5 rings (SSSR count). The van der Waals surface area contributed by atoms with Crippen LogP contribution in [0.25, 0.3) is 0 Å². The third-order valence-corrected chi connectivity index (χ3v) is 6.79. The quantitative estimate of drug-likeness (QED) is 0.301. The van der Waals surface area contributed by atoms with E-state index < -0.39 is 0 Å². The summed E-state index contributed by atoms with van der Waals surface area (Å²) >= 11 is 6.20. The Hall–Kier alpha value is -3.04. The van der Waals surface area contributed by atoms with Crippen molar-refractivity contribution in [2.45, 2.75) is 38.6 Å². The van der Waals surface area contributed by atoms with Crippen LogP contribution in [0.4, 0.5) is 11.4 Å². The molecule has 0 fully saturated rings. The molecule has 0 saturated heterocycles. The highest BCUT2D eigenvalue weighted by Crippen LogP contribution is 2.50. The number of hydrogen-bond acceptors (Lipinski definition) is 3. The molecule has 0 bridgehead atoms. The lowest BCUT2D eigenvalue weighted by Gasteiger charge is -2.37. The van der Waals surface area contributed by atoms with Crippen molar-refractivity contribution < 1.29 is 4.74 Å². The minimum Gasteiger partial charge on any atom is -0.493 e. The molecule has 1 aliphatic heterocycles. The van der Waals surface area contributed by atoms with Gasteiger partial charge in [-0.15, -0.1) is 0 Å². The first-order chi connectivity index (χ1) is 16.1. The van der Waals surface area contributed by atoms with Crippen molar-refractivity contribution in [2.75, 3.05) is 11.9 Å². The molecule has 3 aromatic rings. The van der Waals surface area contributed by atoms with Gasteiger partial charge in [-0.1, -0.05) is 60.5 Å². The molecule has 3 atom stereocenters. The molecule has 2 aliphatic rings. The third-order valence-electron chi connectivity index (χ3n) is 6.56. The van der Waals surface area contributed by atoms with Crippen LogP contribution in [0, 0.1) is 12.8 Å². The first-order valence-electron chi connectivity index (χ1n) is 11.7. The number of nitrogens with zero attached hydrogens (tertiary/aromatic N) is 1. The van der Waals surface area contributed by atoms with E-state index >= 15 is 0 Å². The fraction of sp³-hybridized carbons (Fsp3) is 0.276. The predicted molar refractivity (Wildman–Crippen MR) is 138 cm³/mol. The lowest BCUT2D eigenvalue weighted by Crippen LogP contribution is -2.29. The second kappa shape index (κ2) is 9.44. The number of allylic oxidation sites excluding steroid dienone is 2. The van der Waals surface area contributed by atoms with E-state index in [2.05, 4.69) is 78.8 Å². The average Bonchev–Trinajstić information content (AvgIpc) is 3.32. The molecule has 3 nitrogen and oxygen atoms in total. The van der Waals surface area contributed by atoms with Gasteiger partial charge >= 0.3 is 0 Å². The summed E-state index contributed by atoms with van der Waals surface area (Å²) in [6.07, 6.45) is 8.62. The monoisotopic (exact) mass is 456 g/mol. The molecular weight excluding hydrogens is 428 g/mol. The second-order valence-electron chi connectivity index (χ2n) is 8.95. The molecule has 3 aromatic carbocycles. The molecule has 0 radical (unpaired) electrons.